The van der Waals surface area contributed by atoms with Gasteiger partial charge in [-0.3, -0.25) is 0 Å². The lowest BCUT2D eigenvalue weighted by molar-refractivity contribution is -0.202. The van der Waals surface area contributed by atoms with Gasteiger partial charge >= 0.3 is 0 Å². The molecule has 66 valence electrons. The van der Waals surface area contributed by atoms with Crippen molar-refractivity contribution in [3.8, 4) is 0 Å². The first-order valence-electron chi connectivity index (χ1n) is 3.86. The molecule has 0 aromatic carbocycles. The van der Waals surface area contributed by atoms with Crippen LogP contribution in [0.5, 0.6) is 0 Å². The maximum Gasteiger partial charge on any atom is 0.182 e. The summed E-state index contributed by atoms with van der Waals surface area (Å²) in [7, 11) is 0. The molecule has 1 aliphatic heterocycles. The summed E-state index contributed by atoms with van der Waals surface area (Å²) >= 11 is 2.32. The summed E-state index contributed by atoms with van der Waals surface area (Å²) in [5.41, 5.74) is 0.0741. The summed E-state index contributed by atoms with van der Waals surface area (Å²) < 4.78 is 12.1. The predicted octanol–water partition coefficient (Wildman–Crippen LogP) is 2.21. The summed E-state index contributed by atoms with van der Waals surface area (Å²) in [6.45, 7) is 7.92. The largest absolute Gasteiger partial charge is 0.346 e. The molecule has 1 heterocycles. The van der Waals surface area contributed by atoms with E-state index in [9.17, 15) is 0 Å². The molecule has 0 bridgehead atoms. The van der Waals surface area contributed by atoms with Crippen LogP contribution < -0.4 is 0 Å². The number of rotatable bonds is 1. The number of hydrogen-bond donors (Lipinski definition) is 0. The van der Waals surface area contributed by atoms with Crippen LogP contribution in [0, 0.1) is 5.41 Å². The van der Waals surface area contributed by atoms with Gasteiger partial charge < -0.3 is 9.47 Å². The average molecular weight is 270 g/mol. The van der Waals surface area contributed by atoms with Crippen molar-refractivity contribution in [1.82, 2.24) is 0 Å². The topological polar surface area (TPSA) is 18.5 Å². The molecule has 0 aliphatic carbocycles. The molecule has 0 radical (unpaired) electrons. The first-order valence-corrected chi connectivity index (χ1v) is 5.38. The Morgan fingerprint density at radius 1 is 1.27 bits per heavy atom. The van der Waals surface area contributed by atoms with Gasteiger partial charge in [-0.1, -0.05) is 43.4 Å². The fourth-order valence-corrected chi connectivity index (χ4v) is 2.75. The summed E-state index contributed by atoms with van der Waals surface area (Å²) in [4.78, 5) is 0. The first kappa shape index (κ1) is 9.74. The van der Waals surface area contributed by atoms with Crippen molar-refractivity contribution in [3.05, 3.63) is 0 Å². The third-order valence-corrected chi connectivity index (χ3v) is 3.08. The standard InChI is InChI=1S/C8H15IO2/c1-7(2,3)8(6-9)10-4-5-11-8/h4-6H2,1-3H3. The molecule has 0 unspecified atom stereocenters. The van der Waals surface area contributed by atoms with E-state index in [1.165, 1.54) is 0 Å². The molecule has 1 rings (SSSR count). The molecule has 0 aromatic rings. The van der Waals surface area contributed by atoms with E-state index in [0.29, 0.717) is 0 Å². The van der Waals surface area contributed by atoms with Gasteiger partial charge in [-0.05, 0) is 0 Å². The number of alkyl halides is 1. The van der Waals surface area contributed by atoms with Crippen molar-refractivity contribution in [1.29, 1.82) is 0 Å². The van der Waals surface area contributed by atoms with Crippen molar-refractivity contribution in [2.75, 3.05) is 17.6 Å². The van der Waals surface area contributed by atoms with Crippen molar-refractivity contribution in [2.24, 2.45) is 5.41 Å². The van der Waals surface area contributed by atoms with E-state index in [1.807, 2.05) is 0 Å². The number of hydrogen-bond acceptors (Lipinski definition) is 2. The minimum absolute atomic E-state index is 0.0741. The fourth-order valence-electron chi connectivity index (χ4n) is 1.17. The van der Waals surface area contributed by atoms with Gasteiger partial charge in [0.2, 0.25) is 0 Å². The smallest absolute Gasteiger partial charge is 0.182 e. The fraction of sp³-hybridized carbons (Fsp3) is 1.00. The second-order valence-electron chi connectivity index (χ2n) is 3.83. The van der Waals surface area contributed by atoms with Gasteiger partial charge in [0.1, 0.15) is 0 Å². The Kier molecular flexibility index (Phi) is 2.82. The van der Waals surface area contributed by atoms with E-state index in [1.54, 1.807) is 0 Å². The highest BCUT2D eigenvalue weighted by Gasteiger charge is 2.46. The summed E-state index contributed by atoms with van der Waals surface area (Å²) in [6, 6.07) is 0. The SMILES string of the molecule is CC(C)(C)C1(CI)OCCO1. The minimum atomic E-state index is -0.340. The molecule has 0 spiro atoms. The molecule has 0 aromatic heterocycles. The minimum Gasteiger partial charge on any atom is -0.346 e. The lowest BCUT2D eigenvalue weighted by Gasteiger charge is -2.38. The molecule has 0 saturated carbocycles. The molecule has 1 saturated heterocycles. The van der Waals surface area contributed by atoms with Crippen LogP contribution in [0.3, 0.4) is 0 Å². The van der Waals surface area contributed by atoms with E-state index >= 15 is 0 Å². The summed E-state index contributed by atoms with van der Waals surface area (Å²) in [5, 5.41) is 0. The number of halogens is 1. The molecule has 3 heteroatoms. The van der Waals surface area contributed by atoms with Crippen LogP contribution in [0.25, 0.3) is 0 Å². The van der Waals surface area contributed by atoms with E-state index in [2.05, 4.69) is 43.4 Å². The normalized spacial score (nSPS) is 24.0. The van der Waals surface area contributed by atoms with Gasteiger partial charge in [0, 0.05) is 5.41 Å². The first-order chi connectivity index (χ1) is 5.02. The molecule has 0 atom stereocenters. The Morgan fingerprint density at radius 2 is 1.73 bits per heavy atom. The summed E-state index contributed by atoms with van der Waals surface area (Å²) in [6.07, 6.45) is 0. The zero-order valence-electron chi connectivity index (χ0n) is 7.32. The Labute approximate surface area is 81.8 Å². The Morgan fingerprint density at radius 3 is 1.91 bits per heavy atom. The lowest BCUT2D eigenvalue weighted by Crippen LogP contribution is -2.45. The third-order valence-electron chi connectivity index (χ3n) is 2.07. The molecular weight excluding hydrogens is 255 g/mol. The van der Waals surface area contributed by atoms with E-state index in [4.69, 9.17) is 9.47 Å². The zero-order valence-corrected chi connectivity index (χ0v) is 9.47. The van der Waals surface area contributed by atoms with Gasteiger partial charge in [0.05, 0.1) is 17.6 Å². The van der Waals surface area contributed by atoms with E-state index < -0.39 is 0 Å². The van der Waals surface area contributed by atoms with Crippen LogP contribution in [0.1, 0.15) is 20.8 Å². The highest BCUT2D eigenvalue weighted by atomic mass is 127. The van der Waals surface area contributed by atoms with Crippen LogP contribution in [-0.2, 0) is 9.47 Å². The van der Waals surface area contributed by atoms with Crippen molar-refractivity contribution in [2.45, 2.75) is 26.6 Å². The number of ether oxygens (including phenoxy) is 2. The van der Waals surface area contributed by atoms with Gasteiger partial charge in [-0.2, -0.15) is 0 Å². The van der Waals surface area contributed by atoms with Gasteiger partial charge in [0.15, 0.2) is 5.79 Å². The van der Waals surface area contributed by atoms with Gasteiger partial charge in [-0.15, -0.1) is 0 Å². The molecule has 11 heavy (non-hydrogen) atoms. The lowest BCUT2D eigenvalue weighted by atomic mass is 9.87. The van der Waals surface area contributed by atoms with E-state index in [0.717, 1.165) is 17.6 Å². The summed E-state index contributed by atoms with van der Waals surface area (Å²) in [5.74, 6) is -0.340. The molecule has 1 aliphatic rings. The van der Waals surface area contributed by atoms with Crippen LogP contribution in [0.4, 0.5) is 0 Å². The maximum atomic E-state index is 5.62. The highest BCUT2D eigenvalue weighted by molar-refractivity contribution is 14.1. The zero-order chi connectivity index (χ0) is 8.54. The van der Waals surface area contributed by atoms with Gasteiger partial charge in [-0.25, -0.2) is 0 Å². The van der Waals surface area contributed by atoms with Crippen molar-refractivity contribution in [3.63, 3.8) is 0 Å². The van der Waals surface area contributed by atoms with Crippen LogP contribution in [0.15, 0.2) is 0 Å². The molecule has 0 N–H and O–H groups in total. The quantitative estimate of drug-likeness (QED) is 0.537. The highest BCUT2D eigenvalue weighted by Crippen LogP contribution is 2.39. The van der Waals surface area contributed by atoms with E-state index in [-0.39, 0.29) is 11.2 Å². The maximum absolute atomic E-state index is 5.62. The van der Waals surface area contributed by atoms with Gasteiger partial charge in [0.25, 0.3) is 0 Å². The van der Waals surface area contributed by atoms with Crippen molar-refractivity contribution < 1.29 is 9.47 Å². The monoisotopic (exact) mass is 270 g/mol. The molecule has 2 nitrogen and oxygen atoms in total. The molecule has 0 amide bonds. The molecule has 1 fully saturated rings. The second kappa shape index (κ2) is 3.18. The Bertz CT molecular complexity index is 134. The average Bonchev–Trinajstić information content (AvgIpc) is 2.33. The van der Waals surface area contributed by atoms with Crippen molar-refractivity contribution >= 4 is 22.6 Å². The second-order valence-corrected chi connectivity index (χ2v) is 4.60. The predicted molar refractivity (Wildman–Crippen MR) is 53.0 cm³/mol. The Hall–Kier alpha value is 0.650. The van der Waals surface area contributed by atoms with Crippen LogP contribution >= 0.6 is 22.6 Å². The van der Waals surface area contributed by atoms with Crippen LogP contribution in [0.2, 0.25) is 0 Å². The third kappa shape index (κ3) is 1.70. The Balaban J connectivity index is 2.75. The van der Waals surface area contributed by atoms with Crippen LogP contribution in [-0.4, -0.2) is 23.4 Å². The molecular formula is C8H15IO2.